The Morgan fingerprint density at radius 1 is 0.500 bits per heavy atom. The van der Waals surface area contributed by atoms with E-state index in [4.69, 9.17) is 0 Å². The van der Waals surface area contributed by atoms with Gasteiger partial charge in [0.05, 0.1) is 0 Å². The molecule has 0 aromatic rings. The van der Waals surface area contributed by atoms with E-state index < -0.39 is 14.3 Å². The molecule has 0 fully saturated rings. The summed E-state index contributed by atoms with van der Waals surface area (Å²) in [5.74, 6) is 0. The van der Waals surface area contributed by atoms with Gasteiger partial charge in [-0.25, -0.2) is 0 Å². The predicted octanol–water partition coefficient (Wildman–Crippen LogP) is 4.50. The molecule has 0 heterocycles. The van der Waals surface area contributed by atoms with E-state index >= 15 is 0 Å². The summed E-state index contributed by atoms with van der Waals surface area (Å²) in [5, 5.41) is 0. The first kappa shape index (κ1) is 17.5. The first-order valence-corrected chi connectivity index (χ1v) is 8.40. The molecule has 2 radical (unpaired) electrons. The Morgan fingerprint density at radius 2 is 0.643 bits per heavy atom. The quantitative estimate of drug-likeness (QED) is 0.556. The maximum atomic E-state index is 2.43. The smallest absolute Gasteiger partial charge is 0 e. The molecule has 0 unspecified atom stereocenters. The van der Waals surface area contributed by atoms with Gasteiger partial charge in [0.1, 0.15) is 0 Å². The minimum absolute atomic E-state index is 0. The number of hydrogen-bond donors (Lipinski definition) is 0. The molecule has 0 atom stereocenters. The topological polar surface area (TPSA) is 0 Å². The Hall–Kier alpha value is 1.14. The largest absolute Gasteiger partial charge is 0 e. The summed E-state index contributed by atoms with van der Waals surface area (Å²) in [6.07, 6.45) is 0. The molecule has 0 saturated heterocycles. The molecule has 80 valence electrons. The second-order valence-electron chi connectivity index (χ2n) is 7.12. The van der Waals surface area contributed by atoms with Gasteiger partial charge < -0.3 is 0 Å². The molecule has 0 amide bonds. The molecular weight excluding hydrogens is 224 g/mol. The molecule has 2 heteroatoms. The zero-order valence-electron chi connectivity index (χ0n) is 12.0. The average molecular weight is 251 g/mol. The Morgan fingerprint density at radius 3 is 0.643 bits per heavy atom. The van der Waals surface area contributed by atoms with Crippen molar-refractivity contribution < 1.29 is 0 Å². The van der Waals surface area contributed by atoms with Gasteiger partial charge in [-0.05, 0) is 0 Å². The summed E-state index contributed by atoms with van der Waals surface area (Å²) >= 11 is -1.10. The minimum Gasteiger partial charge on any atom is 0 e. The van der Waals surface area contributed by atoms with Gasteiger partial charge in [0.2, 0.25) is 0 Å². The second kappa shape index (κ2) is 4.98. The van der Waals surface area contributed by atoms with Crippen molar-refractivity contribution in [3.05, 3.63) is 0 Å². The summed E-state index contributed by atoms with van der Waals surface area (Å²) in [5.41, 5.74) is 0. The number of rotatable bonds is 0. The van der Waals surface area contributed by atoms with Crippen molar-refractivity contribution in [1.82, 2.24) is 0 Å². The van der Waals surface area contributed by atoms with E-state index in [0.29, 0.717) is 12.7 Å². The monoisotopic (exact) mass is 252 g/mol. The van der Waals surface area contributed by atoms with Crippen molar-refractivity contribution in [3.63, 3.8) is 0 Å². The molecule has 0 bridgehead atoms. The van der Waals surface area contributed by atoms with Crippen molar-refractivity contribution in [1.29, 1.82) is 0 Å². The summed E-state index contributed by atoms with van der Waals surface area (Å²) in [6.45, 7) is 21.9. The van der Waals surface area contributed by atoms with Gasteiger partial charge in [-0.2, -0.15) is 0 Å². The minimum atomic E-state index is -1.10. The maximum Gasteiger partial charge on any atom is 0 e. The van der Waals surface area contributed by atoms with Crippen LogP contribution in [0.5, 0.6) is 0 Å². The molecule has 0 aliphatic rings. The molecule has 14 heavy (non-hydrogen) atoms. The van der Waals surface area contributed by atoms with Crippen molar-refractivity contribution in [2.24, 2.45) is 0 Å². The number of hydrogen-bond acceptors (Lipinski definition) is 0. The van der Waals surface area contributed by atoms with Gasteiger partial charge in [-0.1, -0.05) is 0 Å². The van der Waals surface area contributed by atoms with E-state index in [0.717, 1.165) is 0 Å². The van der Waals surface area contributed by atoms with Crippen molar-refractivity contribution in [2.45, 2.75) is 75.1 Å². The third kappa shape index (κ3) is 5.29. The van der Waals surface area contributed by atoms with E-state index in [1.54, 1.807) is 0 Å². The van der Waals surface area contributed by atoms with Crippen LogP contribution >= 0.6 is 0 Å². The summed E-state index contributed by atoms with van der Waals surface area (Å²) in [6, 6.07) is 0. The Balaban J connectivity index is 0. The molecule has 0 aromatic carbocycles. The van der Waals surface area contributed by atoms with Crippen LogP contribution in [0, 0.1) is 0 Å². The molecule has 0 aromatic heterocycles. The molecule has 0 aliphatic carbocycles. The fourth-order valence-corrected chi connectivity index (χ4v) is 17.5. The zero-order chi connectivity index (χ0) is 11.1. The summed E-state index contributed by atoms with van der Waals surface area (Å²) in [4.78, 5) is 0. The maximum absolute atomic E-state index is 2.43. The molecule has 0 N–H and O–H groups in total. The molecule has 0 saturated carbocycles. The van der Waals surface area contributed by atoms with E-state index in [1.807, 2.05) is 0 Å². The summed E-state index contributed by atoms with van der Waals surface area (Å²) < 4.78 is 1.66. The van der Waals surface area contributed by atoms with Crippen LogP contribution in [0.15, 0.2) is 0 Å². The average Bonchev–Trinajstić information content (AvgIpc) is 1.44. The van der Waals surface area contributed by atoms with E-state index in [9.17, 15) is 0 Å². The van der Waals surface area contributed by atoms with Gasteiger partial charge in [-0.15, -0.1) is 0 Å². The predicted molar refractivity (Wildman–Crippen MR) is 70.7 cm³/mol. The fourth-order valence-electron chi connectivity index (χ4n) is 3.38. The second-order valence-corrected chi connectivity index (χ2v) is 18.1. The molecule has 0 rings (SSSR count). The molecule has 0 spiro atoms. The van der Waals surface area contributed by atoms with Crippen LogP contribution in [0.2, 0.25) is 12.7 Å². The van der Waals surface area contributed by atoms with Crippen molar-refractivity contribution in [2.75, 3.05) is 0 Å². The van der Waals surface area contributed by atoms with Crippen LogP contribution in [0.25, 0.3) is 0 Å². The van der Waals surface area contributed by atoms with E-state index in [2.05, 4.69) is 62.3 Å². The standard InChI is InChI=1S/C12H27Ge.Li/c1-10(2,3)13(11(4,5)6)12(7,8)9;/h1-9H3;. The van der Waals surface area contributed by atoms with Gasteiger partial charge >= 0.3 is 89.4 Å². The van der Waals surface area contributed by atoms with Crippen LogP contribution in [-0.4, -0.2) is 33.2 Å². The molecule has 0 nitrogen and oxygen atoms in total. The van der Waals surface area contributed by atoms with Crippen LogP contribution < -0.4 is 0 Å². The van der Waals surface area contributed by atoms with Crippen molar-refractivity contribution in [3.8, 4) is 0 Å². The molecular formula is C12H27GeLi. The molecule has 0 aliphatic heterocycles. The fraction of sp³-hybridized carbons (Fsp3) is 1.00. The van der Waals surface area contributed by atoms with Crippen molar-refractivity contribution >= 4 is 33.2 Å². The zero-order valence-corrected chi connectivity index (χ0v) is 14.1. The normalized spacial score (nSPS) is 14.1. The third-order valence-electron chi connectivity index (χ3n) is 2.25. The van der Waals surface area contributed by atoms with Gasteiger partial charge in [0.15, 0.2) is 0 Å². The van der Waals surface area contributed by atoms with Crippen LogP contribution in [0.1, 0.15) is 62.3 Å². The van der Waals surface area contributed by atoms with Crippen LogP contribution in [0.4, 0.5) is 0 Å². The Kier molecular flexibility index (Phi) is 6.24. The van der Waals surface area contributed by atoms with Crippen LogP contribution in [0.3, 0.4) is 0 Å². The Bertz CT molecular complexity index is 133. The van der Waals surface area contributed by atoms with Gasteiger partial charge in [0, 0.05) is 18.9 Å². The Labute approximate surface area is 108 Å². The third-order valence-corrected chi connectivity index (χ3v) is 11.7. The van der Waals surface area contributed by atoms with Gasteiger partial charge in [-0.3, -0.25) is 0 Å². The summed E-state index contributed by atoms with van der Waals surface area (Å²) in [7, 11) is 0. The van der Waals surface area contributed by atoms with E-state index in [-0.39, 0.29) is 18.9 Å². The van der Waals surface area contributed by atoms with Gasteiger partial charge in [0.25, 0.3) is 0 Å². The SMILES string of the molecule is C[C](C)(C)[Ge]([C](C)(C)C)[C](C)(C)C.[Li]. The first-order chi connectivity index (χ1) is 5.37. The van der Waals surface area contributed by atoms with Crippen LogP contribution in [-0.2, 0) is 0 Å². The van der Waals surface area contributed by atoms with E-state index in [1.165, 1.54) is 0 Å². The first-order valence-electron chi connectivity index (χ1n) is 5.25.